The third-order valence-electron chi connectivity index (χ3n) is 15.1. The number of carbonyl (C=O) groups is 4. The van der Waals surface area contributed by atoms with Crippen molar-refractivity contribution in [3.8, 4) is 22.6 Å². The molecule has 0 bridgehead atoms. The minimum Gasteiger partial charge on any atom is -0.493 e. The maximum Gasteiger partial charge on any atom is 0.471 e. The molecule has 72 heavy (non-hydrogen) atoms. The van der Waals surface area contributed by atoms with Gasteiger partial charge in [0, 0.05) is 34.6 Å². The number of benzene rings is 4. The summed E-state index contributed by atoms with van der Waals surface area (Å²) in [5, 5.41) is 2.85. The van der Waals surface area contributed by atoms with Gasteiger partial charge in [-0.3, -0.25) is 19.5 Å². The van der Waals surface area contributed by atoms with Gasteiger partial charge in [0.25, 0.3) is 5.91 Å². The summed E-state index contributed by atoms with van der Waals surface area (Å²) in [5.74, 6) is -2.56. The van der Waals surface area contributed by atoms with Crippen LogP contribution in [0.3, 0.4) is 0 Å². The number of carbonyl (C=O) groups excluding carboxylic acids is 4. The molecule has 1 spiro atoms. The molecule has 380 valence electrons. The first-order valence-corrected chi connectivity index (χ1v) is 25.0. The highest BCUT2D eigenvalue weighted by atomic mass is 35.5. The fourth-order valence-corrected chi connectivity index (χ4v) is 11.8. The monoisotopic (exact) mass is 1010 g/mol. The number of aromatic nitrogens is 1. The number of methoxy groups -OCH3 is 2. The first-order valence-electron chi connectivity index (χ1n) is 24.6. The van der Waals surface area contributed by atoms with Crippen molar-refractivity contribution < 1.29 is 51.3 Å². The van der Waals surface area contributed by atoms with Gasteiger partial charge in [0.15, 0.2) is 6.61 Å². The number of nitrogens with zero attached hydrogens (tertiary/aromatic N) is 2. The summed E-state index contributed by atoms with van der Waals surface area (Å²) >= 11 is 6.32. The Balaban J connectivity index is 1.10. The molecule has 0 radical (unpaired) electrons. The van der Waals surface area contributed by atoms with Gasteiger partial charge in [0.05, 0.1) is 20.8 Å². The number of hydrogen-bond donors (Lipinski definition) is 1. The van der Waals surface area contributed by atoms with Gasteiger partial charge >= 0.3 is 24.0 Å². The summed E-state index contributed by atoms with van der Waals surface area (Å²) in [4.78, 5) is 58.8. The van der Waals surface area contributed by atoms with Crippen molar-refractivity contribution in [2.24, 2.45) is 11.8 Å². The highest BCUT2D eigenvalue weighted by molar-refractivity contribution is 6.31. The van der Waals surface area contributed by atoms with Crippen molar-refractivity contribution >= 4 is 41.0 Å². The quantitative estimate of drug-likeness (QED) is 0.0959. The second-order valence-electron chi connectivity index (χ2n) is 19.8. The summed E-state index contributed by atoms with van der Waals surface area (Å²) < 4.78 is 66.9. The van der Waals surface area contributed by atoms with Crippen LogP contribution in [-0.4, -0.2) is 73.9 Å². The van der Waals surface area contributed by atoms with Gasteiger partial charge < -0.3 is 24.3 Å². The highest BCUT2D eigenvalue weighted by Gasteiger charge is 2.60. The molecule has 1 saturated carbocycles. The Kier molecular flexibility index (Phi) is 15.7. The smallest absolute Gasteiger partial charge is 0.471 e. The average Bonchev–Trinajstić information content (AvgIpc) is 3.65. The summed E-state index contributed by atoms with van der Waals surface area (Å²) in [6, 6.07) is 27.7. The van der Waals surface area contributed by atoms with Crippen LogP contribution in [0.15, 0.2) is 103 Å². The third kappa shape index (κ3) is 10.8. The lowest BCUT2D eigenvalue weighted by molar-refractivity contribution is -0.174. The average molecular weight is 1010 g/mol. The number of nitrogens with one attached hydrogen (secondary N) is 1. The van der Waals surface area contributed by atoms with Crippen LogP contribution >= 0.6 is 11.6 Å². The van der Waals surface area contributed by atoms with E-state index in [1.54, 1.807) is 12.3 Å². The van der Waals surface area contributed by atoms with Gasteiger partial charge in [0.1, 0.15) is 23.1 Å². The summed E-state index contributed by atoms with van der Waals surface area (Å²) in [5.41, 5.74) is 5.07. The second kappa shape index (κ2) is 21.7. The van der Waals surface area contributed by atoms with Gasteiger partial charge in [-0.1, -0.05) is 86.1 Å². The number of esters is 2. The molecule has 4 atom stereocenters. The lowest BCUT2D eigenvalue weighted by atomic mass is 9.59. The number of halogens is 4. The lowest BCUT2D eigenvalue weighted by Crippen LogP contribution is -2.63. The third-order valence-corrected chi connectivity index (χ3v) is 15.4. The zero-order valence-electron chi connectivity index (χ0n) is 41.3. The molecule has 1 aromatic heterocycles. The van der Waals surface area contributed by atoms with E-state index in [1.807, 2.05) is 61.5 Å². The predicted octanol–water partition coefficient (Wildman–Crippen LogP) is 11.0. The van der Waals surface area contributed by atoms with Crippen LogP contribution in [0.25, 0.3) is 11.1 Å². The van der Waals surface area contributed by atoms with E-state index in [-0.39, 0.29) is 61.3 Å². The zero-order valence-corrected chi connectivity index (χ0v) is 42.0. The molecule has 3 aliphatic rings. The molecule has 8 rings (SSSR count). The van der Waals surface area contributed by atoms with E-state index in [0.29, 0.717) is 36.0 Å². The normalized spacial score (nSPS) is 21.1. The molecule has 2 amide bonds. The Labute approximate surface area is 423 Å². The molecular weight excluding hydrogens is 947 g/mol. The van der Waals surface area contributed by atoms with Crippen molar-refractivity contribution in [1.29, 1.82) is 0 Å². The van der Waals surface area contributed by atoms with Crippen LogP contribution in [0, 0.1) is 18.8 Å². The first-order chi connectivity index (χ1) is 34.5. The van der Waals surface area contributed by atoms with Crippen molar-refractivity contribution in [2.75, 3.05) is 32.3 Å². The Morgan fingerprint density at radius 3 is 2.38 bits per heavy atom. The van der Waals surface area contributed by atoms with Gasteiger partial charge in [-0.05, 0) is 158 Å². The number of pyridine rings is 1. The standard InChI is InChI=1S/C57H61ClF3N3O8/c1-35(33-72-49-21-26-62-47-16-9-11-37(3)51(47)49)27-41-29-40-19-18-39(45-32-44(20-17-36(45)2)71-34-50(65)63-48(52(66)69-4)28-38-12-7-6-8-13-38)30-46(40)55(41)22-24-56(25-23-55,54(68)70-5)64(53(67)57(59,60)61)43-15-10-14-42(58)31-43/h6-8,10,12-15,17-21,26,30-32,35,37,41,48H,9,11,16,22-25,27-29,33-34H2,1-5H3,(H,63,65)/t35-,37-,41+,48+,55?,56?/m1/s1. The number of aryl methyl sites for hydroxylation is 2. The summed E-state index contributed by atoms with van der Waals surface area (Å²) in [6.07, 6.45) is 1.48. The van der Waals surface area contributed by atoms with Crippen LogP contribution < -0.4 is 19.7 Å². The molecular formula is C57H61ClF3N3O8. The molecule has 1 N–H and O–H groups in total. The number of anilines is 1. The second-order valence-corrected chi connectivity index (χ2v) is 20.2. The van der Waals surface area contributed by atoms with E-state index < -0.39 is 46.9 Å². The van der Waals surface area contributed by atoms with Crippen molar-refractivity contribution in [2.45, 2.75) is 114 Å². The fourth-order valence-electron chi connectivity index (χ4n) is 11.6. The van der Waals surface area contributed by atoms with Gasteiger partial charge in [0.2, 0.25) is 0 Å². The maximum atomic E-state index is 14.7. The summed E-state index contributed by atoms with van der Waals surface area (Å²) in [6.45, 7) is 6.40. The largest absolute Gasteiger partial charge is 0.493 e. The van der Waals surface area contributed by atoms with Crippen molar-refractivity contribution in [1.82, 2.24) is 10.3 Å². The first kappa shape index (κ1) is 51.9. The Hall–Kier alpha value is -6.41. The van der Waals surface area contributed by atoms with E-state index in [4.69, 9.17) is 30.5 Å². The van der Waals surface area contributed by atoms with Crippen LogP contribution in [0.2, 0.25) is 5.02 Å². The summed E-state index contributed by atoms with van der Waals surface area (Å²) in [7, 11) is 2.40. The minimum absolute atomic E-state index is 0.00908. The predicted molar refractivity (Wildman–Crippen MR) is 268 cm³/mol. The lowest BCUT2D eigenvalue weighted by Gasteiger charge is -2.51. The van der Waals surface area contributed by atoms with E-state index in [0.717, 1.165) is 76.8 Å². The molecule has 3 aliphatic carbocycles. The molecule has 1 fully saturated rings. The Morgan fingerprint density at radius 2 is 1.67 bits per heavy atom. The van der Waals surface area contributed by atoms with E-state index in [2.05, 4.69) is 36.3 Å². The highest BCUT2D eigenvalue weighted by Crippen LogP contribution is 2.58. The van der Waals surface area contributed by atoms with Gasteiger partial charge in [-0.15, -0.1) is 0 Å². The zero-order chi connectivity index (χ0) is 51.4. The maximum absolute atomic E-state index is 14.7. The Morgan fingerprint density at radius 1 is 0.903 bits per heavy atom. The SMILES string of the molecule is COC(=O)[C@H](Cc1ccccc1)NC(=O)COc1ccc(C)c(-c2ccc3c(c2)C2(CCC(C(=O)OC)(N(C(=O)C(F)(F)F)c4cccc(Cl)c4)CC2)[C@@H](C[C@@H](C)COc2ccnc4c2[C@H](C)CCC4)C3)c1. The van der Waals surface area contributed by atoms with E-state index >= 15 is 0 Å². The molecule has 4 aromatic carbocycles. The van der Waals surface area contributed by atoms with Crippen molar-refractivity contribution in [3.05, 3.63) is 142 Å². The van der Waals surface area contributed by atoms with Crippen LogP contribution in [0.4, 0.5) is 18.9 Å². The minimum atomic E-state index is -5.31. The molecule has 0 saturated heterocycles. The molecule has 0 unspecified atom stereocenters. The van der Waals surface area contributed by atoms with E-state index in [1.165, 1.54) is 31.4 Å². The fraction of sp³-hybridized carbons (Fsp3) is 0.421. The number of amides is 2. The van der Waals surface area contributed by atoms with Crippen LogP contribution in [0.5, 0.6) is 11.5 Å². The number of fused-ring (bicyclic) bond motifs is 3. The van der Waals surface area contributed by atoms with Gasteiger partial charge in [-0.25, -0.2) is 9.59 Å². The molecule has 0 aliphatic heterocycles. The van der Waals surface area contributed by atoms with Crippen molar-refractivity contribution in [3.63, 3.8) is 0 Å². The molecule has 5 aromatic rings. The number of alkyl halides is 3. The molecule has 1 heterocycles. The Bertz CT molecular complexity index is 2800. The number of hydrogen-bond acceptors (Lipinski definition) is 9. The topological polar surface area (TPSA) is 133 Å². The van der Waals surface area contributed by atoms with Crippen LogP contribution in [0.1, 0.15) is 98.2 Å². The van der Waals surface area contributed by atoms with E-state index in [9.17, 15) is 32.3 Å². The number of rotatable bonds is 16. The van der Waals surface area contributed by atoms with Gasteiger partial charge in [-0.2, -0.15) is 13.2 Å². The molecule has 15 heteroatoms. The molecule has 11 nitrogen and oxygen atoms in total. The number of ether oxygens (including phenoxy) is 4. The van der Waals surface area contributed by atoms with Crippen LogP contribution in [-0.2, 0) is 53.3 Å².